The second kappa shape index (κ2) is 18.0. The van der Waals surface area contributed by atoms with Crippen LogP contribution in [-0.2, 0) is 22.7 Å². The number of carbonyl (C=O) groups excluding carboxylic acids is 2. The van der Waals surface area contributed by atoms with E-state index in [0.717, 1.165) is 37.1 Å². The van der Waals surface area contributed by atoms with Gasteiger partial charge in [0, 0.05) is 31.6 Å². The summed E-state index contributed by atoms with van der Waals surface area (Å²) >= 11 is 0. The van der Waals surface area contributed by atoms with Gasteiger partial charge in [-0.3, -0.25) is 0 Å². The Balaban J connectivity index is 0.000000229. The number of alkyl carbamates (subject to hydrolysis) is 2. The molecule has 12 heteroatoms. The van der Waals surface area contributed by atoms with Gasteiger partial charge in [0.05, 0.1) is 11.1 Å². The Kier molecular flexibility index (Phi) is 12.4. The van der Waals surface area contributed by atoms with Crippen LogP contribution in [0.25, 0.3) is 22.3 Å². The number of para-hydroxylation sites is 1. The first-order chi connectivity index (χ1) is 25.4. The van der Waals surface area contributed by atoms with E-state index >= 15 is 0 Å². The summed E-state index contributed by atoms with van der Waals surface area (Å²) in [6.07, 6.45) is 1.18. The van der Waals surface area contributed by atoms with E-state index in [0.29, 0.717) is 66.8 Å². The summed E-state index contributed by atoms with van der Waals surface area (Å²) in [6, 6.07) is 30.5. The number of aromatic nitrogens is 2. The zero-order valence-corrected chi connectivity index (χ0v) is 28.8. The van der Waals surface area contributed by atoms with E-state index in [4.69, 9.17) is 14.5 Å². The van der Waals surface area contributed by atoms with Crippen molar-refractivity contribution in [2.75, 3.05) is 44.2 Å². The SMILES string of the molecule is O=C(NC[C@@H]1CCN(c2nc(-c3ccccc3O)nc3ccc(F)cc23)C1)OCc1ccccc1.O=C(NC[C@@H]1CCNC1)OCc1ccccc1. The van der Waals surface area contributed by atoms with Gasteiger partial charge in [0.25, 0.3) is 0 Å². The number of aromatic hydroxyl groups is 1. The van der Waals surface area contributed by atoms with Gasteiger partial charge >= 0.3 is 12.2 Å². The molecule has 2 amide bonds. The van der Waals surface area contributed by atoms with Crippen LogP contribution in [0, 0.1) is 17.7 Å². The van der Waals surface area contributed by atoms with Gasteiger partial charge in [0.15, 0.2) is 5.82 Å². The lowest BCUT2D eigenvalue weighted by atomic mass is 10.1. The van der Waals surface area contributed by atoms with Crippen LogP contribution in [0.15, 0.2) is 103 Å². The highest BCUT2D eigenvalue weighted by Crippen LogP contribution is 2.34. The third kappa shape index (κ3) is 10.2. The minimum atomic E-state index is -0.455. The van der Waals surface area contributed by atoms with Gasteiger partial charge in [-0.05, 0) is 79.2 Å². The predicted molar refractivity (Wildman–Crippen MR) is 197 cm³/mol. The molecule has 3 heterocycles. The summed E-state index contributed by atoms with van der Waals surface area (Å²) in [5, 5.41) is 19.8. The second-order valence-electron chi connectivity index (χ2n) is 12.9. The minimum Gasteiger partial charge on any atom is -0.507 e. The normalized spacial score (nSPS) is 16.5. The summed E-state index contributed by atoms with van der Waals surface area (Å²) in [5.74, 6) is 1.43. The lowest BCUT2D eigenvalue weighted by molar-refractivity contribution is 0.137. The summed E-state index contributed by atoms with van der Waals surface area (Å²) in [5.41, 5.74) is 3.04. The molecule has 0 spiro atoms. The monoisotopic (exact) mass is 706 g/mol. The number of hydrogen-bond donors (Lipinski definition) is 4. The Morgan fingerprint density at radius 1 is 0.808 bits per heavy atom. The Morgan fingerprint density at radius 2 is 1.44 bits per heavy atom. The number of nitrogens with one attached hydrogen (secondary N) is 3. The number of benzene rings is 4. The fraction of sp³-hybridized carbons (Fsp3) is 0.300. The maximum atomic E-state index is 14.1. The van der Waals surface area contributed by atoms with Crippen molar-refractivity contribution in [2.24, 2.45) is 11.8 Å². The third-order valence-corrected chi connectivity index (χ3v) is 9.03. The van der Waals surface area contributed by atoms with Crippen molar-refractivity contribution in [1.29, 1.82) is 0 Å². The molecule has 5 aromatic rings. The molecule has 0 bridgehead atoms. The van der Waals surface area contributed by atoms with Crippen LogP contribution in [0.5, 0.6) is 5.75 Å². The molecule has 2 aliphatic rings. The molecule has 2 atom stereocenters. The molecule has 2 fully saturated rings. The van der Waals surface area contributed by atoms with Crippen LogP contribution >= 0.6 is 0 Å². The summed E-state index contributed by atoms with van der Waals surface area (Å²) in [7, 11) is 0. The van der Waals surface area contributed by atoms with Gasteiger partial charge in [0.1, 0.15) is 30.6 Å². The quantitative estimate of drug-likeness (QED) is 0.130. The van der Waals surface area contributed by atoms with Crippen molar-refractivity contribution in [1.82, 2.24) is 25.9 Å². The molecule has 2 aliphatic heterocycles. The smallest absolute Gasteiger partial charge is 0.407 e. The van der Waals surface area contributed by atoms with Gasteiger partial charge < -0.3 is 35.4 Å². The van der Waals surface area contributed by atoms with Crippen molar-refractivity contribution < 1.29 is 28.6 Å². The lowest BCUT2D eigenvalue weighted by Crippen LogP contribution is -2.31. The Bertz CT molecular complexity index is 1930. The molecule has 11 nitrogen and oxygen atoms in total. The predicted octanol–water partition coefficient (Wildman–Crippen LogP) is 6.42. The average molecular weight is 707 g/mol. The van der Waals surface area contributed by atoms with Crippen LogP contribution in [0.3, 0.4) is 0 Å². The molecule has 52 heavy (non-hydrogen) atoms. The first-order valence-corrected chi connectivity index (χ1v) is 17.5. The number of fused-ring (bicyclic) bond motifs is 1. The van der Waals surface area contributed by atoms with E-state index in [-0.39, 0.29) is 30.2 Å². The van der Waals surface area contributed by atoms with E-state index < -0.39 is 6.09 Å². The molecule has 4 N–H and O–H groups in total. The largest absolute Gasteiger partial charge is 0.507 e. The number of phenols is 1. The standard InChI is InChI=1S/C27H25FN4O3.C13H18N2O2/c28-20-10-11-23-22(14-20)26(31-25(30-23)21-8-4-5-9-24(21)33)32-13-12-19(16-32)15-29-27(34)35-17-18-6-2-1-3-7-18;16-13(15-9-12-6-7-14-8-12)17-10-11-4-2-1-3-5-11/h1-11,14,19,33H,12-13,15-17H2,(H,29,34);1-5,12,14H,6-10H2,(H,15,16)/t19-;12-/m01/s1. The highest BCUT2D eigenvalue weighted by Gasteiger charge is 2.27. The lowest BCUT2D eigenvalue weighted by Gasteiger charge is -2.20. The fourth-order valence-electron chi connectivity index (χ4n) is 6.19. The van der Waals surface area contributed by atoms with Gasteiger partial charge in [-0.1, -0.05) is 72.8 Å². The molecule has 0 saturated carbocycles. The molecular formula is C40H43FN6O5. The maximum Gasteiger partial charge on any atom is 0.407 e. The topological polar surface area (TPSA) is 138 Å². The number of nitrogens with zero attached hydrogens (tertiary/aromatic N) is 3. The molecule has 2 saturated heterocycles. The Morgan fingerprint density at radius 3 is 2.08 bits per heavy atom. The summed E-state index contributed by atoms with van der Waals surface area (Å²) in [4.78, 5) is 34.9. The van der Waals surface area contributed by atoms with Crippen LogP contribution in [0.2, 0.25) is 0 Å². The fourth-order valence-corrected chi connectivity index (χ4v) is 6.19. The maximum absolute atomic E-state index is 14.1. The summed E-state index contributed by atoms with van der Waals surface area (Å²) in [6.45, 7) is 5.08. The van der Waals surface area contributed by atoms with E-state index in [9.17, 15) is 19.1 Å². The number of carbonyl (C=O) groups is 2. The zero-order valence-electron chi connectivity index (χ0n) is 28.8. The van der Waals surface area contributed by atoms with Crippen molar-refractivity contribution in [3.8, 4) is 17.1 Å². The van der Waals surface area contributed by atoms with Crippen molar-refractivity contribution in [3.05, 3.63) is 120 Å². The number of amides is 2. The highest BCUT2D eigenvalue weighted by molar-refractivity contribution is 5.91. The van der Waals surface area contributed by atoms with Gasteiger partial charge in [0.2, 0.25) is 0 Å². The van der Waals surface area contributed by atoms with E-state index in [2.05, 4.69) is 25.8 Å². The van der Waals surface area contributed by atoms with Gasteiger partial charge in [-0.2, -0.15) is 0 Å². The molecule has 1 aromatic heterocycles. The molecule has 7 rings (SSSR count). The Hall–Kier alpha value is -5.75. The van der Waals surface area contributed by atoms with Gasteiger partial charge in [-0.15, -0.1) is 0 Å². The molecular weight excluding hydrogens is 663 g/mol. The molecule has 270 valence electrons. The van der Waals surface area contributed by atoms with Crippen molar-refractivity contribution in [3.63, 3.8) is 0 Å². The van der Waals surface area contributed by atoms with Crippen LogP contribution < -0.4 is 20.9 Å². The van der Waals surface area contributed by atoms with E-state index in [1.165, 1.54) is 12.1 Å². The zero-order chi connectivity index (χ0) is 36.1. The third-order valence-electron chi connectivity index (χ3n) is 9.03. The number of phenolic OH excluding ortho intramolecular Hbond substituents is 1. The van der Waals surface area contributed by atoms with Crippen LogP contribution in [0.4, 0.5) is 19.8 Å². The van der Waals surface area contributed by atoms with Crippen LogP contribution in [-0.4, -0.2) is 66.5 Å². The van der Waals surface area contributed by atoms with Gasteiger partial charge in [-0.25, -0.2) is 23.9 Å². The Labute approximate surface area is 302 Å². The number of ether oxygens (including phenoxy) is 2. The van der Waals surface area contributed by atoms with Crippen LogP contribution in [0.1, 0.15) is 24.0 Å². The number of hydrogen-bond acceptors (Lipinski definition) is 9. The second-order valence-corrected chi connectivity index (χ2v) is 12.9. The molecule has 0 aliphatic carbocycles. The first kappa shape index (κ1) is 36.1. The number of halogens is 1. The minimum absolute atomic E-state index is 0.0809. The van der Waals surface area contributed by atoms with E-state index in [1.807, 2.05) is 60.7 Å². The highest BCUT2D eigenvalue weighted by atomic mass is 19.1. The number of anilines is 1. The first-order valence-electron chi connectivity index (χ1n) is 17.5. The van der Waals surface area contributed by atoms with E-state index in [1.54, 1.807) is 30.3 Å². The molecule has 4 aromatic carbocycles. The number of rotatable bonds is 10. The summed E-state index contributed by atoms with van der Waals surface area (Å²) < 4.78 is 24.5. The molecule has 0 radical (unpaired) electrons. The van der Waals surface area contributed by atoms with Crippen molar-refractivity contribution >= 4 is 28.9 Å². The average Bonchev–Trinajstić information content (AvgIpc) is 3.89. The molecule has 0 unspecified atom stereocenters. The van der Waals surface area contributed by atoms with Crippen molar-refractivity contribution in [2.45, 2.75) is 26.1 Å².